The minimum Gasteiger partial charge on any atom is -0.489 e. The summed E-state index contributed by atoms with van der Waals surface area (Å²) in [5, 5.41) is 0. The van der Waals surface area contributed by atoms with E-state index in [2.05, 4.69) is 0 Å². The van der Waals surface area contributed by atoms with E-state index in [4.69, 9.17) is 9.47 Å². The van der Waals surface area contributed by atoms with Crippen LogP contribution in [0.2, 0.25) is 0 Å². The van der Waals surface area contributed by atoms with Crippen LogP contribution in [0, 0.1) is 0 Å². The second-order valence-corrected chi connectivity index (χ2v) is 6.43. The molecule has 3 rings (SSSR count). The zero-order valence-electron chi connectivity index (χ0n) is 15.9. The van der Waals surface area contributed by atoms with Gasteiger partial charge in [-0.05, 0) is 60.2 Å². The van der Waals surface area contributed by atoms with Crippen molar-refractivity contribution < 1.29 is 35.8 Å². The molecule has 0 spiro atoms. The Hall–Kier alpha value is -3.42. The Morgan fingerprint density at radius 2 is 1.19 bits per heavy atom. The smallest absolute Gasteiger partial charge is 0.416 e. The monoisotopic (exact) mass is 438 g/mol. The lowest BCUT2D eigenvalue weighted by Gasteiger charge is -2.10. The van der Waals surface area contributed by atoms with E-state index in [9.17, 15) is 26.3 Å². The molecule has 0 saturated carbocycles. The molecule has 0 atom stereocenters. The fourth-order valence-electron chi connectivity index (χ4n) is 2.59. The van der Waals surface area contributed by atoms with Gasteiger partial charge < -0.3 is 9.47 Å². The molecule has 8 heteroatoms. The van der Waals surface area contributed by atoms with Crippen LogP contribution in [-0.2, 0) is 12.4 Å². The maximum absolute atomic E-state index is 12.6. The number of ether oxygens (including phenoxy) is 2. The molecule has 2 nitrogen and oxygen atoms in total. The molecule has 0 unspecified atom stereocenters. The van der Waals surface area contributed by atoms with Gasteiger partial charge in [-0.2, -0.15) is 26.3 Å². The molecule has 0 bridgehead atoms. The van der Waals surface area contributed by atoms with Crippen molar-refractivity contribution >= 4 is 6.08 Å². The van der Waals surface area contributed by atoms with Gasteiger partial charge in [-0.25, -0.2) is 0 Å². The van der Waals surface area contributed by atoms with Crippen molar-refractivity contribution in [2.75, 3.05) is 6.61 Å². The van der Waals surface area contributed by atoms with Gasteiger partial charge in [0.25, 0.3) is 0 Å². The van der Waals surface area contributed by atoms with Crippen molar-refractivity contribution in [1.82, 2.24) is 0 Å². The van der Waals surface area contributed by atoms with Crippen molar-refractivity contribution in [3.05, 3.63) is 95.6 Å². The molecule has 3 aromatic rings. The Kier molecular flexibility index (Phi) is 6.58. The van der Waals surface area contributed by atoms with E-state index >= 15 is 0 Å². The quantitative estimate of drug-likeness (QED) is 0.369. The van der Waals surface area contributed by atoms with E-state index < -0.39 is 23.5 Å². The molecule has 0 fully saturated rings. The average molecular weight is 438 g/mol. The van der Waals surface area contributed by atoms with Gasteiger partial charge in [-0.1, -0.05) is 24.3 Å². The molecule has 0 amide bonds. The summed E-state index contributed by atoms with van der Waals surface area (Å²) in [7, 11) is 0. The molecule has 31 heavy (non-hydrogen) atoms. The highest BCUT2D eigenvalue weighted by atomic mass is 19.4. The highest BCUT2D eigenvalue weighted by molar-refractivity contribution is 5.50. The summed E-state index contributed by atoms with van der Waals surface area (Å²) in [6.07, 6.45) is -5.52. The van der Waals surface area contributed by atoms with Crippen LogP contribution < -0.4 is 9.47 Å². The standard InChI is InChI=1S/C23H16F6O2/c24-22(25,26)17-8-6-16(7-9-17)3-2-14-30-20-4-1-5-21(15-20)31-19-12-10-18(11-13-19)23(27,28)29/h1-13,15H,14H2/b3-2+. The lowest BCUT2D eigenvalue weighted by molar-refractivity contribution is -0.138. The van der Waals surface area contributed by atoms with E-state index in [-0.39, 0.29) is 12.4 Å². The number of benzene rings is 3. The Morgan fingerprint density at radius 1 is 0.645 bits per heavy atom. The van der Waals surface area contributed by atoms with Gasteiger partial charge in [0.05, 0.1) is 11.1 Å². The Morgan fingerprint density at radius 3 is 1.77 bits per heavy atom. The molecular weight excluding hydrogens is 422 g/mol. The number of hydrogen-bond acceptors (Lipinski definition) is 2. The van der Waals surface area contributed by atoms with Crippen LogP contribution in [0.4, 0.5) is 26.3 Å². The Bertz CT molecular complexity index is 1020. The average Bonchev–Trinajstić information content (AvgIpc) is 2.71. The largest absolute Gasteiger partial charge is 0.489 e. The number of alkyl halides is 6. The molecule has 0 aliphatic heterocycles. The molecule has 0 saturated heterocycles. The highest BCUT2D eigenvalue weighted by Gasteiger charge is 2.30. The summed E-state index contributed by atoms with van der Waals surface area (Å²) >= 11 is 0. The maximum Gasteiger partial charge on any atom is 0.416 e. The lowest BCUT2D eigenvalue weighted by atomic mass is 10.1. The fourth-order valence-corrected chi connectivity index (χ4v) is 2.59. The zero-order valence-corrected chi connectivity index (χ0v) is 15.9. The number of halogens is 6. The van der Waals surface area contributed by atoms with Crippen LogP contribution in [0.15, 0.2) is 78.9 Å². The third-order valence-electron chi connectivity index (χ3n) is 4.12. The molecule has 0 aliphatic carbocycles. The van der Waals surface area contributed by atoms with Crippen LogP contribution in [-0.4, -0.2) is 6.61 Å². The van der Waals surface area contributed by atoms with E-state index in [1.807, 2.05) is 0 Å². The van der Waals surface area contributed by atoms with E-state index in [1.165, 1.54) is 24.3 Å². The third-order valence-corrected chi connectivity index (χ3v) is 4.12. The molecule has 0 N–H and O–H groups in total. The van der Waals surface area contributed by atoms with Gasteiger partial charge >= 0.3 is 12.4 Å². The van der Waals surface area contributed by atoms with Crippen molar-refractivity contribution in [1.29, 1.82) is 0 Å². The van der Waals surface area contributed by atoms with Crippen molar-refractivity contribution in [2.45, 2.75) is 12.4 Å². The van der Waals surface area contributed by atoms with Crippen LogP contribution in [0.3, 0.4) is 0 Å². The highest BCUT2D eigenvalue weighted by Crippen LogP contribution is 2.32. The second-order valence-electron chi connectivity index (χ2n) is 6.43. The van der Waals surface area contributed by atoms with Gasteiger partial charge in [0.2, 0.25) is 0 Å². The maximum atomic E-state index is 12.6. The van der Waals surface area contributed by atoms with Gasteiger partial charge in [0.15, 0.2) is 0 Å². The van der Waals surface area contributed by atoms with E-state index in [0.717, 1.165) is 24.3 Å². The summed E-state index contributed by atoms with van der Waals surface area (Å²) in [6.45, 7) is 0.157. The van der Waals surface area contributed by atoms with Gasteiger partial charge in [0.1, 0.15) is 23.9 Å². The van der Waals surface area contributed by atoms with Crippen LogP contribution in [0.25, 0.3) is 6.08 Å². The Labute approximate surface area is 174 Å². The fraction of sp³-hybridized carbons (Fsp3) is 0.130. The van der Waals surface area contributed by atoms with Crippen LogP contribution >= 0.6 is 0 Å². The van der Waals surface area contributed by atoms with Crippen molar-refractivity contribution in [2.24, 2.45) is 0 Å². The first-order valence-corrected chi connectivity index (χ1v) is 9.03. The molecule has 0 radical (unpaired) electrons. The summed E-state index contributed by atoms with van der Waals surface area (Å²) in [4.78, 5) is 0. The minimum absolute atomic E-state index is 0.157. The third kappa shape index (κ3) is 6.53. The normalized spacial score (nSPS) is 12.2. The second kappa shape index (κ2) is 9.16. The summed E-state index contributed by atoms with van der Waals surface area (Å²) < 4.78 is 86.6. The first kappa shape index (κ1) is 22.3. The van der Waals surface area contributed by atoms with Gasteiger partial charge in [-0.3, -0.25) is 0 Å². The first-order chi connectivity index (χ1) is 14.6. The molecule has 0 heterocycles. The molecule has 3 aromatic carbocycles. The predicted molar refractivity (Wildman–Crippen MR) is 104 cm³/mol. The van der Waals surface area contributed by atoms with Crippen LogP contribution in [0.1, 0.15) is 16.7 Å². The minimum atomic E-state index is -4.42. The Balaban J connectivity index is 1.55. The van der Waals surface area contributed by atoms with Gasteiger partial charge in [-0.15, -0.1) is 0 Å². The zero-order chi connectivity index (χ0) is 22.5. The topological polar surface area (TPSA) is 18.5 Å². The lowest BCUT2D eigenvalue weighted by Crippen LogP contribution is -2.04. The SMILES string of the molecule is FC(F)(F)c1ccc(/C=C/COc2cccc(Oc3ccc(C(F)(F)F)cc3)c2)cc1. The summed E-state index contributed by atoms with van der Waals surface area (Å²) in [6, 6.07) is 15.6. The van der Waals surface area contributed by atoms with Crippen molar-refractivity contribution in [3.63, 3.8) is 0 Å². The predicted octanol–water partition coefficient (Wildman–Crippen LogP) is 7.61. The molecular formula is C23H16F6O2. The van der Waals surface area contributed by atoms with Gasteiger partial charge in [0, 0.05) is 6.07 Å². The molecule has 0 aliphatic rings. The van der Waals surface area contributed by atoms with E-state index in [0.29, 0.717) is 17.1 Å². The summed E-state index contributed by atoms with van der Waals surface area (Å²) in [5.74, 6) is 1.08. The number of hydrogen-bond donors (Lipinski definition) is 0. The summed E-state index contributed by atoms with van der Waals surface area (Å²) in [5.41, 5.74) is -0.890. The molecule has 162 valence electrons. The van der Waals surface area contributed by atoms with E-state index in [1.54, 1.807) is 36.4 Å². The molecule has 0 aromatic heterocycles. The first-order valence-electron chi connectivity index (χ1n) is 9.03. The van der Waals surface area contributed by atoms with Crippen LogP contribution in [0.5, 0.6) is 17.2 Å². The number of rotatable bonds is 6. The van der Waals surface area contributed by atoms with Crippen molar-refractivity contribution in [3.8, 4) is 17.2 Å².